The summed E-state index contributed by atoms with van der Waals surface area (Å²) in [6, 6.07) is 9.53. The van der Waals surface area contributed by atoms with Gasteiger partial charge in [0.1, 0.15) is 0 Å². The fourth-order valence-corrected chi connectivity index (χ4v) is 2.91. The van der Waals surface area contributed by atoms with Crippen LogP contribution in [0.3, 0.4) is 0 Å². The van der Waals surface area contributed by atoms with Crippen LogP contribution in [0.4, 0.5) is 0 Å². The molecule has 2 rings (SSSR count). The number of allylic oxidation sites excluding steroid dienone is 1. The number of aliphatic hydroxyl groups is 3. The lowest BCUT2D eigenvalue weighted by atomic mass is 9.84. The Bertz CT molecular complexity index is 486. The van der Waals surface area contributed by atoms with Gasteiger partial charge in [0, 0.05) is 25.7 Å². The molecule has 0 radical (unpaired) electrons. The Labute approximate surface area is 131 Å². The third kappa shape index (κ3) is 4.77. The first kappa shape index (κ1) is 16.9. The molecular formula is C18H25NO3. The first-order chi connectivity index (χ1) is 10.7. The van der Waals surface area contributed by atoms with E-state index in [2.05, 4.69) is 4.99 Å². The number of aliphatic imine (C=N–C) groups is 1. The molecule has 0 saturated carbocycles. The standard InChI is InChI=1S/C18H25NO3/c20-12-5-4-9-16(21)13-18(10-6-11-19-18)14-17(22)15-7-2-1-3-8-15/h1-3,6-8,10-11,16-17,20-22H,4-5,9,12-14H2. The summed E-state index contributed by atoms with van der Waals surface area (Å²) >= 11 is 0. The zero-order valence-corrected chi connectivity index (χ0v) is 12.8. The zero-order valence-electron chi connectivity index (χ0n) is 12.8. The predicted octanol–water partition coefficient (Wildman–Crippen LogP) is 2.40. The topological polar surface area (TPSA) is 73.0 Å². The highest BCUT2D eigenvalue weighted by molar-refractivity contribution is 5.75. The number of aliphatic hydroxyl groups excluding tert-OH is 3. The number of nitrogens with zero attached hydrogens (tertiary/aromatic N) is 1. The van der Waals surface area contributed by atoms with Crippen LogP contribution in [0.25, 0.3) is 0 Å². The second-order valence-electron chi connectivity index (χ2n) is 5.95. The molecule has 4 heteroatoms. The van der Waals surface area contributed by atoms with Gasteiger partial charge in [-0.2, -0.15) is 0 Å². The van der Waals surface area contributed by atoms with Gasteiger partial charge >= 0.3 is 0 Å². The molecule has 3 unspecified atom stereocenters. The number of hydrogen-bond acceptors (Lipinski definition) is 4. The molecule has 1 aliphatic rings. The number of unbranched alkanes of at least 4 members (excludes halogenated alkanes) is 1. The van der Waals surface area contributed by atoms with E-state index in [0.29, 0.717) is 25.7 Å². The molecule has 0 aliphatic carbocycles. The summed E-state index contributed by atoms with van der Waals surface area (Å²) in [6.07, 6.45) is 7.59. The van der Waals surface area contributed by atoms with Crippen molar-refractivity contribution in [1.82, 2.24) is 0 Å². The molecule has 1 heterocycles. The van der Waals surface area contributed by atoms with Gasteiger partial charge in [-0.1, -0.05) is 36.4 Å². The molecule has 3 atom stereocenters. The molecule has 22 heavy (non-hydrogen) atoms. The Morgan fingerprint density at radius 1 is 1.05 bits per heavy atom. The molecule has 120 valence electrons. The molecule has 0 fully saturated rings. The van der Waals surface area contributed by atoms with Crippen molar-refractivity contribution in [3.8, 4) is 0 Å². The summed E-state index contributed by atoms with van der Waals surface area (Å²) in [5.41, 5.74) is 0.334. The highest BCUT2D eigenvalue weighted by Gasteiger charge is 2.33. The summed E-state index contributed by atoms with van der Waals surface area (Å²) in [5.74, 6) is 0. The van der Waals surface area contributed by atoms with Gasteiger partial charge in [-0.15, -0.1) is 0 Å². The second-order valence-corrected chi connectivity index (χ2v) is 5.95. The van der Waals surface area contributed by atoms with Gasteiger partial charge in [-0.25, -0.2) is 0 Å². The lowest BCUT2D eigenvalue weighted by Crippen LogP contribution is -2.30. The third-order valence-corrected chi connectivity index (χ3v) is 4.09. The molecule has 1 aromatic carbocycles. The van der Waals surface area contributed by atoms with Gasteiger partial charge in [-0.05, 0) is 30.9 Å². The van der Waals surface area contributed by atoms with Gasteiger partial charge < -0.3 is 15.3 Å². The smallest absolute Gasteiger partial charge is 0.0843 e. The van der Waals surface area contributed by atoms with Gasteiger partial charge in [0.2, 0.25) is 0 Å². The quantitative estimate of drug-likeness (QED) is 0.613. The van der Waals surface area contributed by atoms with Crippen LogP contribution in [0.15, 0.2) is 47.5 Å². The first-order valence-electron chi connectivity index (χ1n) is 7.90. The van der Waals surface area contributed by atoms with Crippen LogP contribution in [0.1, 0.15) is 43.8 Å². The van der Waals surface area contributed by atoms with E-state index < -0.39 is 17.7 Å². The van der Waals surface area contributed by atoms with Gasteiger partial charge in [0.15, 0.2) is 0 Å². The van der Waals surface area contributed by atoms with Crippen molar-refractivity contribution in [1.29, 1.82) is 0 Å². The summed E-state index contributed by atoms with van der Waals surface area (Å²) < 4.78 is 0. The Morgan fingerprint density at radius 2 is 1.82 bits per heavy atom. The largest absolute Gasteiger partial charge is 0.396 e. The van der Waals surface area contributed by atoms with Gasteiger partial charge in [0.25, 0.3) is 0 Å². The summed E-state index contributed by atoms with van der Waals surface area (Å²) in [5, 5.41) is 29.5. The third-order valence-electron chi connectivity index (χ3n) is 4.09. The van der Waals surface area contributed by atoms with E-state index in [0.717, 1.165) is 12.0 Å². The predicted molar refractivity (Wildman–Crippen MR) is 87.9 cm³/mol. The van der Waals surface area contributed by atoms with Crippen LogP contribution in [0, 0.1) is 0 Å². The number of benzene rings is 1. The van der Waals surface area contributed by atoms with Crippen LogP contribution in [-0.4, -0.2) is 39.8 Å². The molecule has 1 aliphatic heterocycles. The minimum atomic E-state index is -0.606. The molecule has 0 amide bonds. The van der Waals surface area contributed by atoms with E-state index in [1.807, 2.05) is 42.5 Å². The van der Waals surface area contributed by atoms with Crippen LogP contribution < -0.4 is 0 Å². The van der Waals surface area contributed by atoms with Crippen molar-refractivity contribution >= 4 is 6.21 Å². The zero-order chi connectivity index (χ0) is 15.8. The summed E-state index contributed by atoms with van der Waals surface area (Å²) in [7, 11) is 0. The minimum absolute atomic E-state index is 0.155. The molecular weight excluding hydrogens is 278 g/mol. The van der Waals surface area contributed by atoms with Crippen LogP contribution in [-0.2, 0) is 0 Å². The lowest BCUT2D eigenvalue weighted by Gasteiger charge is -2.29. The Hall–Kier alpha value is -1.49. The Kier molecular flexibility index (Phi) is 6.31. The van der Waals surface area contributed by atoms with Crippen molar-refractivity contribution in [2.75, 3.05) is 6.61 Å². The minimum Gasteiger partial charge on any atom is -0.396 e. The van der Waals surface area contributed by atoms with Crippen molar-refractivity contribution in [3.05, 3.63) is 48.0 Å². The van der Waals surface area contributed by atoms with E-state index in [1.165, 1.54) is 0 Å². The molecule has 0 aromatic heterocycles. The van der Waals surface area contributed by atoms with E-state index in [-0.39, 0.29) is 6.61 Å². The number of rotatable bonds is 9. The SMILES string of the molecule is OCCCCC(O)CC1(CC(O)c2ccccc2)C=CC=N1. The van der Waals surface area contributed by atoms with Crippen LogP contribution in [0.2, 0.25) is 0 Å². The van der Waals surface area contributed by atoms with Crippen LogP contribution >= 0.6 is 0 Å². The Morgan fingerprint density at radius 3 is 2.45 bits per heavy atom. The van der Waals surface area contributed by atoms with Gasteiger partial charge in [-0.3, -0.25) is 4.99 Å². The highest BCUT2D eigenvalue weighted by atomic mass is 16.3. The highest BCUT2D eigenvalue weighted by Crippen LogP contribution is 2.34. The van der Waals surface area contributed by atoms with E-state index in [4.69, 9.17) is 5.11 Å². The van der Waals surface area contributed by atoms with Crippen molar-refractivity contribution < 1.29 is 15.3 Å². The summed E-state index contributed by atoms with van der Waals surface area (Å²) in [4.78, 5) is 4.50. The van der Waals surface area contributed by atoms with Crippen molar-refractivity contribution in [2.24, 2.45) is 4.99 Å². The van der Waals surface area contributed by atoms with E-state index in [9.17, 15) is 10.2 Å². The van der Waals surface area contributed by atoms with E-state index >= 15 is 0 Å². The van der Waals surface area contributed by atoms with Crippen LogP contribution in [0.5, 0.6) is 0 Å². The van der Waals surface area contributed by atoms with Crippen molar-refractivity contribution in [3.63, 3.8) is 0 Å². The molecule has 0 bridgehead atoms. The molecule has 1 aromatic rings. The maximum absolute atomic E-state index is 10.5. The average Bonchev–Trinajstić information content (AvgIpc) is 2.96. The fraction of sp³-hybridized carbons (Fsp3) is 0.500. The lowest BCUT2D eigenvalue weighted by molar-refractivity contribution is 0.0983. The maximum atomic E-state index is 10.5. The summed E-state index contributed by atoms with van der Waals surface area (Å²) in [6.45, 7) is 0.155. The molecule has 3 N–H and O–H groups in total. The first-order valence-corrected chi connectivity index (χ1v) is 7.90. The van der Waals surface area contributed by atoms with Crippen molar-refractivity contribution in [2.45, 2.75) is 49.9 Å². The molecule has 4 nitrogen and oxygen atoms in total. The van der Waals surface area contributed by atoms with Gasteiger partial charge in [0.05, 0.1) is 17.7 Å². The Balaban J connectivity index is 1.97. The molecule has 0 saturated heterocycles. The monoisotopic (exact) mass is 303 g/mol. The average molecular weight is 303 g/mol. The fourth-order valence-electron chi connectivity index (χ4n) is 2.91. The number of hydrogen-bond donors (Lipinski definition) is 3. The maximum Gasteiger partial charge on any atom is 0.0843 e. The normalized spacial score (nSPS) is 22.9. The molecule has 0 spiro atoms. The second kappa shape index (κ2) is 8.22. The van der Waals surface area contributed by atoms with E-state index in [1.54, 1.807) is 6.21 Å².